The molecule has 1 aliphatic heterocycles. The Hall–Kier alpha value is -0.167. The molecule has 0 spiro atoms. The Morgan fingerprint density at radius 2 is 1.67 bits per heavy atom. The molecule has 0 aromatic heterocycles. The smallest absolute Gasteiger partial charge is 0.0260 e. The van der Waals surface area contributed by atoms with Crippen LogP contribution in [0.3, 0.4) is 0 Å². The van der Waals surface area contributed by atoms with E-state index in [1.54, 1.807) is 0 Å². The fraction of sp³-hybridized carbons (Fsp3) is 0.556. The Morgan fingerprint density at radius 3 is 2.17 bits per heavy atom. The topological polar surface area (TPSA) is 3.24 Å². The van der Waals surface area contributed by atoms with E-state index >= 15 is 0 Å². The molecule has 61 valence electrons. The van der Waals surface area contributed by atoms with E-state index in [0.717, 1.165) is 13.1 Å². The van der Waals surface area contributed by atoms with E-state index in [0.29, 0.717) is 0 Å². The third-order valence-corrected chi connectivity index (χ3v) is 1.63. The molecule has 0 amide bonds. The van der Waals surface area contributed by atoms with E-state index in [-0.39, 0.29) is 31.9 Å². The van der Waals surface area contributed by atoms with Crippen molar-refractivity contribution in [1.82, 2.24) is 4.90 Å². The number of likely N-dealkylation sites (tertiary alicyclic amines) is 1. The normalized spacial score (nSPS) is 14.1. The van der Waals surface area contributed by atoms with Crippen LogP contribution in [0.1, 0.15) is 19.3 Å². The number of piperidine rings is 1. The molecule has 1 saturated heterocycles. The fourth-order valence-corrected chi connectivity index (χ4v) is 1.11. The van der Waals surface area contributed by atoms with Crippen molar-refractivity contribution in [3.05, 3.63) is 6.42 Å². The standard InChI is InChI=1S/C9H10N.ClH.Zn/c1-2-3-7-10-8-5-4-6-9-10;;/h4-6,8-9H2;1H;/p-1. The van der Waals surface area contributed by atoms with E-state index in [1.165, 1.54) is 19.3 Å². The Labute approximate surface area is 93.4 Å². The summed E-state index contributed by atoms with van der Waals surface area (Å²) in [4.78, 5) is 2.06. The molecular formula is C9H10ClNZn-. The van der Waals surface area contributed by atoms with Crippen molar-refractivity contribution < 1.29 is 31.9 Å². The number of rotatable bonds is 0. The van der Waals surface area contributed by atoms with Gasteiger partial charge in [-0.25, -0.2) is 0 Å². The van der Waals surface area contributed by atoms with Crippen LogP contribution >= 0.6 is 0 Å². The van der Waals surface area contributed by atoms with Gasteiger partial charge < -0.3 is 17.3 Å². The summed E-state index contributed by atoms with van der Waals surface area (Å²) < 4.78 is 0. The number of hydrogen-bond donors (Lipinski definition) is 0. The molecule has 12 heavy (non-hydrogen) atoms. The van der Waals surface area contributed by atoms with Crippen LogP contribution in [-0.4, -0.2) is 18.0 Å². The SMILES string of the molecule is [C]#CC#CN1CCCCC1.[Cl-].[Zn]. The third kappa shape index (κ3) is 5.48. The summed E-state index contributed by atoms with van der Waals surface area (Å²) in [5.74, 6) is 4.57. The zero-order chi connectivity index (χ0) is 7.23. The molecule has 3 heteroatoms. The summed E-state index contributed by atoms with van der Waals surface area (Å²) in [7, 11) is 0. The van der Waals surface area contributed by atoms with Crippen LogP contribution in [0.15, 0.2) is 0 Å². The van der Waals surface area contributed by atoms with Gasteiger partial charge in [0.05, 0.1) is 0 Å². The van der Waals surface area contributed by atoms with Crippen LogP contribution in [0.5, 0.6) is 0 Å². The van der Waals surface area contributed by atoms with Gasteiger partial charge in [0.25, 0.3) is 0 Å². The molecular weight excluding hydrogens is 223 g/mol. The fourth-order valence-electron chi connectivity index (χ4n) is 1.11. The van der Waals surface area contributed by atoms with Crippen molar-refractivity contribution in [3.8, 4) is 17.9 Å². The van der Waals surface area contributed by atoms with Crippen molar-refractivity contribution in [2.75, 3.05) is 13.1 Å². The van der Waals surface area contributed by atoms with Crippen LogP contribution in [-0.2, 0) is 19.5 Å². The number of hydrogen-bond acceptors (Lipinski definition) is 1. The average molecular weight is 233 g/mol. The van der Waals surface area contributed by atoms with Crippen LogP contribution in [0.25, 0.3) is 0 Å². The maximum atomic E-state index is 6.57. The summed E-state index contributed by atoms with van der Waals surface area (Å²) in [6, 6.07) is 2.86. The van der Waals surface area contributed by atoms with Gasteiger partial charge in [0.15, 0.2) is 0 Å². The number of nitrogens with zero attached hydrogens (tertiary/aromatic N) is 1. The van der Waals surface area contributed by atoms with E-state index in [2.05, 4.69) is 22.8 Å². The van der Waals surface area contributed by atoms with Gasteiger partial charge in [0, 0.05) is 56.9 Å². The van der Waals surface area contributed by atoms with Crippen LogP contribution < -0.4 is 12.4 Å². The second kappa shape index (κ2) is 8.93. The minimum Gasteiger partial charge on any atom is -1.00 e. The van der Waals surface area contributed by atoms with Crippen molar-refractivity contribution in [2.24, 2.45) is 0 Å². The first-order valence-corrected chi connectivity index (χ1v) is 3.61. The molecule has 0 atom stereocenters. The molecule has 1 radical (unpaired) electrons. The minimum absolute atomic E-state index is 0. The molecule has 0 unspecified atom stereocenters. The van der Waals surface area contributed by atoms with Gasteiger partial charge in [0.2, 0.25) is 0 Å². The molecule has 0 aromatic rings. The molecule has 0 aliphatic carbocycles. The summed E-state index contributed by atoms with van der Waals surface area (Å²) in [5, 5.41) is 0. The monoisotopic (exact) mass is 231 g/mol. The third-order valence-electron chi connectivity index (χ3n) is 1.63. The van der Waals surface area contributed by atoms with Gasteiger partial charge >= 0.3 is 0 Å². The quantitative estimate of drug-likeness (QED) is 0.346. The van der Waals surface area contributed by atoms with Gasteiger partial charge in [-0.15, -0.1) is 0 Å². The summed E-state index contributed by atoms with van der Waals surface area (Å²) in [6.45, 7) is 2.13. The molecule has 1 aliphatic rings. The van der Waals surface area contributed by atoms with Gasteiger partial charge in [-0.05, 0) is 19.3 Å². The molecule has 0 bridgehead atoms. The van der Waals surface area contributed by atoms with E-state index in [1.807, 2.05) is 0 Å². The number of halogens is 1. The minimum atomic E-state index is 0. The maximum absolute atomic E-state index is 6.57. The average Bonchev–Trinajstić information content (AvgIpc) is 2.03. The van der Waals surface area contributed by atoms with E-state index < -0.39 is 0 Å². The molecule has 0 N–H and O–H groups in total. The van der Waals surface area contributed by atoms with Crippen molar-refractivity contribution in [3.63, 3.8) is 0 Å². The van der Waals surface area contributed by atoms with Crippen LogP contribution in [0, 0.1) is 24.3 Å². The Morgan fingerprint density at radius 1 is 1.08 bits per heavy atom. The van der Waals surface area contributed by atoms with E-state index in [9.17, 15) is 0 Å². The predicted octanol–water partition coefficient (Wildman–Crippen LogP) is -1.98. The molecule has 0 aromatic carbocycles. The predicted molar refractivity (Wildman–Crippen MR) is 40.3 cm³/mol. The Bertz CT molecular complexity index is 193. The zero-order valence-corrected chi connectivity index (χ0v) is 10.8. The van der Waals surface area contributed by atoms with Gasteiger partial charge in [-0.2, -0.15) is 0 Å². The van der Waals surface area contributed by atoms with Crippen LogP contribution in [0.4, 0.5) is 0 Å². The van der Waals surface area contributed by atoms with Crippen molar-refractivity contribution in [2.45, 2.75) is 19.3 Å². The maximum Gasteiger partial charge on any atom is 0.0260 e. The Kier molecular flexibility index (Phi) is 10.7. The van der Waals surface area contributed by atoms with Gasteiger partial charge in [-0.1, -0.05) is 0 Å². The molecule has 0 saturated carbocycles. The van der Waals surface area contributed by atoms with Gasteiger partial charge in [0.1, 0.15) is 0 Å². The van der Waals surface area contributed by atoms with Crippen molar-refractivity contribution >= 4 is 0 Å². The Balaban J connectivity index is 0. The second-order valence-corrected chi connectivity index (χ2v) is 2.41. The molecule has 1 nitrogen and oxygen atoms in total. The van der Waals surface area contributed by atoms with Crippen LogP contribution in [0.2, 0.25) is 0 Å². The first-order chi connectivity index (χ1) is 4.93. The first kappa shape index (κ1) is 14.4. The van der Waals surface area contributed by atoms with Gasteiger partial charge in [-0.3, -0.25) is 0 Å². The zero-order valence-electron chi connectivity index (χ0n) is 7.07. The molecule has 1 rings (SSSR count). The molecule has 1 fully saturated rings. The molecule has 1 heterocycles. The van der Waals surface area contributed by atoms with Crippen molar-refractivity contribution in [1.29, 1.82) is 0 Å². The second-order valence-electron chi connectivity index (χ2n) is 2.41. The summed E-state index contributed by atoms with van der Waals surface area (Å²) in [5.41, 5.74) is 0. The summed E-state index contributed by atoms with van der Waals surface area (Å²) >= 11 is 0. The first-order valence-electron chi connectivity index (χ1n) is 3.61. The van der Waals surface area contributed by atoms with E-state index in [4.69, 9.17) is 6.42 Å². The summed E-state index contributed by atoms with van der Waals surface area (Å²) in [6.07, 6.45) is 10.4. The largest absolute Gasteiger partial charge is 1.00 e.